The summed E-state index contributed by atoms with van der Waals surface area (Å²) in [5, 5.41) is 21.0. The second-order valence-corrected chi connectivity index (χ2v) is 10.3. The molecule has 6 rings (SSSR count). The van der Waals surface area contributed by atoms with Crippen LogP contribution in [-0.4, -0.2) is 22.6 Å². The summed E-state index contributed by atoms with van der Waals surface area (Å²) in [7, 11) is 0. The first-order valence-corrected chi connectivity index (χ1v) is 14.1. The number of aliphatic imine (C=N–C) groups is 2. The second-order valence-electron chi connectivity index (χ2n) is 10.3. The van der Waals surface area contributed by atoms with Gasteiger partial charge in [0.25, 0.3) is 0 Å². The molecule has 9 heteroatoms. The van der Waals surface area contributed by atoms with E-state index in [1.165, 1.54) is 61.0 Å². The van der Waals surface area contributed by atoms with Crippen LogP contribution in [0.5, 0.6) is 11.5 Å². The average molecular weight is 682 g/mol. The first kappa shape index (κ1) is 33.0. The molecule has 0 amide bonds. The molecule has 2 N–H and O–H groups in total. The van der Waals surface area contributed by atoms with Crippen molar-refractivity contribution in [2.45, 2.75) is 0 Å². The molecule has 0 fully saturated rings. The Morgan fingerprint density at radius 1 is 0.447 bits per heavy atom. The summed E-state index contributed by atoms with van der Waals surface area (Å²) in [5.41, 5.74) is 4.46. The Labute approximate surface area is 280 Å². The average Bonchev–Trinajstić information content (AvgIpc) is 3.05. The van der Waals surface area contributed by atoms with Crippen LogP contribution in [0.4, 0.5) is 28.9 Å². The molecule has 0 heterocycles. The number of halogens is 4. The first-order chi connectivity index (χ1) is 22.3. The van der Waals surface area contributed by atoms with Gasteiger partial charge in [-0.2, -0.15) is 0 Å². The van der Waals surface area contributed by atoms with Gasteiger partial charge in [-0.25, -0.2) is 17.6 Å². The largest absolute Gasteiger partial charge is 0.507 e. The zero-order chi connectivity index (χ0) is 32.2. The minimum atomic E-state index is -0.723. The van der Waals surface area contributed by atoms with Crippen LogP contribution in [0.2, 0.25) is 0 Å². The van der Waals surface area contributed by atoms with Crippen molar-refractivity contribution in [3.05, 3.63) is 156 Å². The molecule has 0 spiro atoms. The van der Waals surface area contributed by atoms with Crippen LogP contribution in [0.25, 0.3) is 33.4 Å². The molecule has 47 heavy (non-hydrogen) atoms. The normalized spacial score (nSPS) is 11.2. The Morgan fingerprint density at radius 2 is 0.851 bits per heavy atom. The Kier molecular flexibility index (Phi) is 10.1. The van der Waals surface area contributed by atoms with E-state index in [2.05, 4.69) is 9.98 Å². The number of aromatic hydroxyl groups is 2. The van der Waals surface area contributed by atoms with Crippen molar-refractivity contribution in [2.24, 2.45) is 9.98 Å². The van der Waals surface area contributed by atoms with E-state index in [1.807, 2.05) is 36.4 Å². The molecule has 228 valence electrons. The smallest absolute Gasteiger partial charge is 0.133 e. The van der Waals surface area contributed by atoms with Crippen molar-refractivity contribution in [1.82, 2.24) is 0 Å². The van der Waals surface area contributed by atoms with Crippen LogP contribution >= 0.6 is 0 Å². The number of phenols is 2. The molecule has 0 saturated heterocycles. The zero-order valence-corrected chi connectivity index (χ0v) is 27.7. The predicted molar refractivity (Wildman–Crippen MR) is 173 cm³/mol. The van der Waals surface area contributed by atoms with Crippen molar-refractivity contribution in [3.8, 4) is 44.9 Å². The Morgan fingerprint density at radius 3 is 1.26 bits per heavy atom. The van der Waals surface area contributed by atoms with Gasteiger partial charge in [-0.1, -0.05) is 48.5 Å². The number of nitrogens with zero attached hydrogens (tertiary/aromatic N) is 2. The van der Waals surface area contributed by atoms with Gasteiger partial charge >= 0.3 is 0 Å². The summed E-state index contributed by atoms with van der Waals surface area (Å²) in [6.45, 7) is 0. The van der Waals surface area contributed by atoms with Gasteiger partial charge in [0.15, 0.2) is 0 Å². The summed E-state index contributed by atoms with van der Waals surface area (Å²) in [6, 6.07) is 30.3. The Bertz CT molecular complexity index is 2000. The van der Waals surface area contributed by atoms with Gasteiger partial charge in [-0.3, -0.25) is 9.98 Å². The maximum Gasteiger partial charge on any atom is 0.133 e. The van der Waals surface area contributed by atoms with Crippen molar-refractivity contribution < 1.29 is 47.3 Å². The van der Waals surface area contributed by atoms with Gasteiger partial charge in [0.1, 0.15) is 34.8 Å². The zero-order valence-electron chi connectivity index (χ0n) is 24.7. The summed E-state index contributed by atoms with van der Waals surface area (Å²) in [5.74, 6) is -2.96. The maximum atomic E-state index is 14.4. The monoisotopic (exact) mass is 680 g/mol. The Hall–Kier alpha value is -5.40. The molecule has 0 aromatic heterocycles. The van der Waals surface area contributed by atoms with Crippen molar-refractivity contribution in [1.29, 1.82) is 0 Å². The van der Waals surface area contributed by atoms with Gasteiger partial charge in [0.05, 0.1) is 11.4 Å². The predicted octanol–water partition coefficient (Wildman–Crippen LogP) is 10.2. The molecular formula is C38H24F4N2O2Zn. The molecule has 0 unspecified atom stereocenters. The summed E-state index contributed by atoms with van der Waals surface area (Å²) >= 11 is 0. The Balaban J connectivity index is 0.00000433. The number of rotatable bonds is 7. The van der Waals surface area contributed by atoms with Crippen molar-refractivity contribution in [2.75, 3.05) is 0 Å². The minimum absolute atomic E-state index is 0. The summed E-state index contributed by atoms with van der Waals surface area (Å²) < 4.78 is 55.7. The summed E-state index contributed by atoms with van der Waals surface area (Å²) in [4.78, 5) is 9.25. The van der Waals surface area contributed by atoms with Crippen LogP contribution in [0.15, 0.2) is 131 Å². The number of hydrogen-bond donors (Lipinski definition) is 2. The van der Waals surface area contributed by atoms with E-state index in [0.717, 1.165) is 23.3 Å². The van der Waals surface area contributed by atoms with Crippen LogP contribution in [-0.2, 0) is 19.5 Å². The van der Waals surface area contributed by atoms with Gasteiger partial charge < -0.3 is 10.2 Å². The van der Waals surface area contributed by atoms with E-state index < -0.39 is 23.3 Å². The molecule has 4 nitrogen and oxygen atoms in total. The fourth-order valence-electron chi connectivity index (χ4n) is 5.00. The molecular weight excluding hydrogens is 658 g/mol. The second kappa shape index (κ2) is 14.4. The van der Waals surface area contributed by atoms with Gasteiger partial charge in [0.2, 0.25) is 0 Å². The fraction of sp³-hybridized carbons (Fsp3) is 0. The first-order valence-electron chi connectivity index (χ1n) is 14.1. The molecule has 0 aliphatic rings. The SMILES string of the molecule is Oc1ccc(-c2ccc(F)cc2F)cc1C=Nc1ccccc1-c1ccccc1N=Cc1cc(-c2ccc(F)cc2F)ccc1O.[Zn]. The topological polar surface area (TPSA) is 65.2 Å². The van der Waals surface area contributed by atoms with Crippen LogP contribution in [0.1, 0.15) is 11.1 Å². The number of hydrogen-bond acceptors (Lipinski definition) is 4. The van der Waals surface area contributed by atoms with E-state index >= 15 is 0 Å². The van der Waals surface area contributed by atoms with Crippen LogP contribution in [0.3, 0.4) is 0 Å². The van der Waals surface area contributed by atoms with E-state index in [9.17, 15) is 27.8 Å². The standard InChI is InChI=1S/C38H24F4N2O2.Zn/c39-27-11-13-29(33(41)19-27)23-9-15-37(45)25(17-23)21-43-35-7-3-1-5-31(35)32-6-2-4-8-36(32)44-22-26-18-24(10-16-38(26)46)30-14-12-28(40)20-34(30)42;/h1-22,45-46H;. The molecule has 6 aromatic rings. The number of para-hydroxylation sites is 2. The number of benzene rings is 6. The van der Waals surface area contributed by atoms with E-state index in [-0.39, 0.29) is 42.1 Å². The third-order valence-electron chi connectivity index (χ3n) is 7.32. The van der Waals surface area contributed by atoms with Gasteiger partial charge in [0, 0.05) is 77.4 Å². The molecule has 0 radical (unpaired) electrons. The molecule has 0 bridgehead atoms. The molecule has 0 saturated carbocycles. The molecule has 6 aromatic carbocycles. The van der Waals surface area contributed by atoms with Crippen LogP contribution < -0.4 is 0 Å². The van der Waals surface area contributed by atoms with E-state index in [4.69, 9.17) is 0 Å². The molecule has 0 aliphatic heterocycles. The maximum absolute atomic E-state index is 14.4. The third kappa shape index (κ3) is 7.37. The third-order valence-corrected chi connectivity index (χ3v) is 7.32. The van der Waals surface area contributed by atoms with E-state index in [1.54, 1.807) is 24.3 Å². The molecule has 0 atom stereocenters. The minimum Gasteiger partial charge on any atom is -0.507 e. The van der Waals surface area contributed by atoms with Crippen molar-refractivity contribution >= 4 is 23.8 Å². The fourth-order valence-corrected chi connectivity index (χ4v) is 5.00. The van der Waals surface area contributed by atoms with Gasteiger partial charge in [-0.15, -0.1) is 0 Å². The van der Waals surface area contributed by atoms with E-state index in [0.29, 0.717) is 33.6 Å². The number of phenolic OH excluding ortho intramolecular Hbond substituents is 2. The quantitative estimate of drug-likeness (QED) is 0.100. The molecule has 0 aliphatic carbocycles. The summed E-state index contributed by atoms with van der Waals surface area (Å²) in [6.07, 6.45) is 2.92. The van der Waals surface area contributed by atoms with Crippen molar-refractivity contribution in [3.63, 3.8) is 0 Å². The van der Waals surface area contributed by atoms with Gasteiger partial charge in [-0.05, 0) is 71.8 Å². The van der Waals surface area contributed by atoms with Crippen LogP contribution in [0, 0.1) is 23.3 Å².